The summed E-state index contributed by atoms with van der Waals surface area (Å²) < 4.78 is 29.9. The lowest BCUT2D eigenvalue weighted by Gasteiger charge is -2.16. The highest BCUT2D eigenvalue weighted by molar-refractivity contribution is 8.14. The summed E-state index contributed by atoms with van der Waals surface area (Å²) in [6, 6.07) is 6.78. The van der Waals surface area contributed by atoms with Crippen LogP contribution in [0.5, 0.6) is 0 Å². The molecule has 2 rings (SSSR count). The third-order valence-corrected chi connectivity index (χ3v) is 6.85. The maximum atomic E-state index is 12.3. The standard InChI is InChI=1S/C19H29NO3S2/c1-3-4-5-6-7-17(19-20-13-15-24-19)12-14-23-25(21,22)18-10-8-16(2)9-11-18/h8-11,17H,3-7,12-15H2,1-2H3. The number of unbranched alkanes of at least 4 members (excludes halogenated alkanes) is 3. The molecule has 1 atom stereocenters. The summed E-state index contributed by atoms with van der Waals surface area (Å²) in [6.45, 7) is 5.24. The lowest BCUT2D eigenvalue weighted by molar-refractivity contribution is 0.294. The minimum atomic E-state index is -3.67. The van der Waals surface area contributed by atoms with Gasteiger partial charge in [-0.2, -0.15) is 8.42 Å². The molecule has 1 aliphatic heterocycles. The van der Waals surface area contributed by atoms with Gasteiger partial charge in [0.15, 0.2) is 0 Å². The van der Waals surface area contributed by atoms with E-state index < -0.39 is 10.1 Å². The number of thioether (sulfide) groups is 1. The zero-order valence-electron chi connectivity index (χ0n) is 15.2. The van der Waals surface area contributed by atoms with E-state index in [-0.39, 0.29) is 11.5 Å². The molecule has 0 bridgehead atoms. The van der Waals surface area contributed by atoms with E-state index in [9.17, 15) is 8.42 Å². The Morgan fingerprint density at radius 1 is 1.16 bits per heavy atom. The van der Waals surface area contributed by atoms with Crippen LogP contribution < -0.4 is 0 Å². The van der Waals surface area contributed by atoms with E-state index in [1.54, 1.807) is 24.3 Å². The molecule has 1 aromatic carbocycles. The van der Waals surface area contributed by atoms with Gasteiger partial charge in [-0.3, -0.25) is 9.18 Å². The highest BCUT2D eigenvalue weighted by Crippen LogP contribution is 2.27. The summed E-state index contributed by atoms with van der Waals surface area (Å²) in [5.41, 5.74) is 1.03. The lowest BCUT2D eigenvalue weighted by Crippen LogP contribution is -2.15. The molecular formula is C19H29NO3S2. The lowest BCUT2D eigenvalue weighted by atomic mass is 9.98. The SMILES string of the molecule is CCCCCCC(CCOS(=O)(=O)c1ccc(C)cc1)C1=NCCS1. The van der Waals surface area contributed by atoms with Gasteiger partial charge in [0.2, 0.25) is 0 Å². The highest BCUT2D eigenvalue weighted by atomic mass is 32.2. The van der Waals surface area contributed by atoms with Crippen molar-refractivity contribution in [1.82, 2.24) is 0 Å². The predicted octanol–water partition coefficient (Wildman–Crippen LogP) is 4.82. The minimum absolute atomic E-state index is 0.217. The molecule has 1 aromatic rings. The van der Waals surface area contributed by atoms with Crippen molar-refractivity contribution in [3.8, 4) is 0 Å². The van der Waals surface area contributed by atoms with Crippen molar-refractivity contribution < 1.29 is 12.6 Å². The number of nitrogens with zero attached hydrogens (tertiary/aromatic N) is 1. The molecule has 1 heterocycles. The Bertz CT molecular complexity index is 654. The number of rotatable bonds is 11. The van der Waals surface area contributed by atoms with Crippen LogP contribution in [0.25, 0.3) is 0 Å². The van der Waals surface area contributed by atoms with Gasteiger partial charge in [0.05, 0.1) is 16.5 Å². The Morgan fingerprint density at radius 3 is 2.56 bits per heavy atom. The zero-order valence-corrected chi connectivity index (χ0v) is 16.9. The van der Waals surface area contributed by atoms with Crippen molar-refractivity contribution in [2.24, 2.45) is 10.9 Å². The molecule has 0 spiro atoms. The summed E-state index contributed by atoms with van der Waals surface area (Å²) >= 11 is 1.82. The van der Waals surface area contributed by atoms with E-state index in [0.29, 0.717) is 12.3 Å². The van der Waals surface area contributed by atoms with E-state index in [1.165, 1.54) is 30.7 Å². The van der Waals surface area contributed by atoms with E-state index >= 15 is 0 Å². The molecule has 0 radical (unpaired) electrons. The van der Waals surface area contributed by atoms with Gasteiger partial charge in [-0.25, -0.2) is 0 Å². The van der Waals surface area contributed by atoms with E-state index in [2.05, 4.69) is 11.9 Å². The van der Waals surface area contributed by atoms with Gasteiger partial charge in [0, 0.05) is 18.2 Å². The van der Waals surface area contributed by atoms with Gasteiger partial charge >= 0.3 is 0 Å². The molecule has 1 unspecified atom stereocenters. The van der Waals surface area contributed by atoms with E-state index in [0.717, 1.165) is 24.3 Å². The molecule has 0 saturated carbocycles. The predicted molar refractivity (Wildman–Crippen MR) is 106 cm³/mol. The number of benzene rings is 1. The fourth-order valence-electron chi connectivity index (χ4n) is 2.88. The van der Waals surface area contributed by atoms with Crippen LogP contribution in [0.2, 0.25) is 0 Å². The fraction of sp³-hybridized carbons (Fsp3) is 0.632. The Balaban J connectivity index is 1.87. The monoisotopic (exact) mass is 383 g/mol. The summed E-state index contributed by atoms with van der Waals surface area (Å²) in [5, 5.41) is 1.19. The summed E-state index contributed by atoms with van der Waals surface area (Å²) in [6.07, 6.45) is 6.65. The van der Waals surface area contributed by atoms with Crippen molar-refractivity contribution >= 4 is 26.9 Å². The van der Waals surface area contributed by atoms with Crippen LogP contribution in [0.4, 0.5) is 0 Å². The first-order chi connectivity index (χ1) is 12.0. The average molecular weight is 384 g/mol. The van der Waals surface area contributed by atoms with Crippen LogP contribution in [0.1, 0.15) is 51.0 Å². The Kier molecular flexibility index (Phi) is 8.46. The molecule has 1 aliphatic rings. The van der Waals surface area contributed by atoms with Crippen molar-refractivity contribution in [3.05, 3.63) is 29.8 Å². The van der Waals surface area contributed by atoms with Gasteiger partial charge < -0.3 is 0 Å². The molecule has 6 heteroatoms. The van der Waals surface area contributed by atoms with Crippen LogP contribution >= 0.6 is 11.8 Å². The number of aliphatic imine (C=N–C) groups is 1. The molecule has 140 valence electrons. The fourth-order valence-corrected chi connectivity index (χ4v) is 4.85. The quantitative estimate of drug-likeness (QED) is 0.406. The second-order valence-corrected chi connectivity index (χ2v) is 9.22. The van der Waals surface area contributed by atoms with Gasteiger partial charge in [-0.1, -0.05) is 50.3 Å². The van der Waals surface area contributed by atoms with Gasteiger partial charge in [-0.05, 0) is 31.9 Å². The molecule has 4 nitrogen and oxygen atoms in total. The number of aryl methyl sites for hydroxylation is 1. The van der Waals surface area contributed by atoms with Crippen molar-refractivity contribution in [2.45, 2.75) is 57.3 Å². The molecule has 0 saturated heterocycles. The summed E-state index contributed by atoms with van der Waals surface area (Å²) in [7, 11) is -3.67. The Morgan fingerprint density at radius 2 is 1.92 bits per heavy atom. The van der Waals surface area contributed by atoms with Crippen LogP contribution in [0, 0.1) is 12.8 Å². The molecule has 0 fully saturated rings. The first-order valence-corrected chi connectivity index (χ1v) is 11.6. The van der Waals surface area contributed by atoms with Crippen molar-refractivity contribution in [2.75, 3.05) is 18.9 Å². The largest absolute Gasteiger partial charge is 0.296 e. The normalized spacial score (nSPS) is 16.0. The maximum Gasteiger partial charge on any atom is 0.296 e. The Hall–Kier alpha value is -0.850. The minimum Gasteiger partial charge on any atom is -0.282 e. The highest BCUT2D eigenvalue weighted by Gasteiger charge is 2.21. The van der Waals surface area contributed by atoms with Crippen LogP contribution in [-0.4, -0.2) is 32.4 Å². The zero-order chi connectivity index (χ0) is 18.1. The first-order valence-electron chi connectivity index (χ1n) is 9.16. The summed E-state index contributed by atoms with van der Waals surface area (Å²) in [5.74, 6) is 1.38. The number of hydrogen-bond acceptors (Lipinski definition) is 5. The molecular weight excluding hydrogens is 354 g/mol. The third-order valence-electron chi connectivity index (χ3n) is 4.38. The van der Waals surface area contributed by atoms with Crippen molar-refractivity contribution in [1.29, 1.82) is 0 Å². The summed E-state index contributed by atoms with van der Waals surface area (Å²) in [4.78, 5) is 4.82. The Labute approximate surface area is 156 Å². The number of hydrogen-bond donors (Lipinski definition) is 0. The second-order valence-electron chi connectivity index (χ2n) is 6.49. The maximum absolute atomic E-state index is 12.3. The molecule has 0 aromatic heterocycles. The topological polar surface area (TPSA) is 55.7 Å². The van der Waals surface area contributed by atoms with Gasteiger partial charge in [-0.15, -0.1) is 11.8 Å². The molecule has 25 heavy (non-hydrogen) atoms. The molecule has 0 N–H and O–H groups in total. The van der Waals surface area contributed by atoms with Gasteiger partial charge in [0.1, 0.15) is 0 Å². The average Bonchev–Trinajstić information content (AvgIpc) is 3.12. The van der Waals surface area contributed by atoms with Gasteiger partial charge in [0.25, 0.3) is 10.1 Å². The van der Waals surface area contributed by atoms with E-state index in [1.807, 2.05) is 18.7 Å². The van der Waals surface area contributed by atoms with Crippen molar-refractivity contribution in [3.63, 3.8) is 0 Å². The third kappa shape index (κ3) is 6.76. The first kappa shape index (κ1) is 20.5. The van der Waals surface area contributed by atoms with Crippen LogP contribution in [0.15, 0.2) is 34.2 Å². The second kappa shape index (κ2) is 10.3. The molecule has 0 aliphatic carbocycles. The van der Waals surface area contributed by atoms with Crippen LogP contribution in [0.3, 0.4) is 0 Å². The smallest absolute Gasteiger partial charge is 0.282 e. The molecule has 0 amide bonds. The van der Waals surface area contributed by atoms with E-state index in [4.69, 9.17) is 4.18 Å². The van der Waals surface area contributed by atoms with Crippen LogP contribution in [-0.2, 0) is 14.3 Å².